The van der Waals surface area contributed by atoms with Gasteiger partial charge >= 0.3 is 0 Å². The standard InChI is InChI=1S/C14H16O2/c1-3-6-14(16-10-12-9-15-12)13-8-5-4-7-11(13)2/h3-8,12H,1,9-10H2,2H3/b14-6+. The van der Waals surface area contributed by atoms with Gasteiger partial charge in [-0.2, -0.15) is 0 Å². The summed E-state index contributed by atoms with van der Waals surface area (Å²) in [6.07, 6.45) is 3.91. The minimum absolute atomic E-state index is 0.275. The maximum Gasteiger partial charge on any atom is 0.126 e. The van der Waals surface area contributed by atoms with Crippen molar-refractivity contribution in [1.82, 2.24) is 0 Å². The van der Waals surface area contributed by atoms with Gasteiger partial charge in [-0.05, 0) is 18.6 Å². The van der Waals surface area contributed by atoms with Gasteiger partial charge in [-0.3, -0.25) is 0 Å². The summed E-state index contributed by atoms with van der Waals surface area (Å²) in [5.74, 6) is 0.864. The molecule has 0 radical (unpaired) electrons. The first-order valence-electron chi connectivity index (χ1n) is 5.44. The molecule has 1 saturated heterocycles. The van der Waals surface area contributed by atoms with Gasteiger partial charge in [-0.15, -0.1) is 0 Å². The molecule has 2 nitrogen and oxygen atoms in total. The van der Waals surface area contributed by atoms with Crippen LogP contribution in [-0.4, -0.2) is 19.3 Å². The molecule has 16 heavy (non-hydrogen) atoms. The Bertz CT molecular complexity index is 403. The van der Waals surface area contributed by atoms with Crippen molar-refractivity contribution in [3.63, 3.8) is 0 Å². The van der Waals surface area contributed by atoms with Crippen LogP contribution >= 0.6 is 0 Å². The molecule has 1 aromatic carbocycles. The van der Waals surface area contributed by atoms with Crippen molar-refractivity contribution < 1.29 is 9.47 Å². The molecule has 1 fully saturated rings. The van der Waals surface area contributed by atoms with Gasteiger partial charge in [-0.25, -0.2) is 0 Å². The van der Waals surface area contributed by atoms with Crippen molar-refractivity contribution in [2.45, 2.75) is 13.0 Å². The van der Waals surface area contributed by atoms with Crippen LogP contribution in [0, 0.1) is 6.92 Å². The van der Waals surface area contributed by atoms with Crippen molar-refractivity contribution in [3.8, 4) is 0 Å². The highest BCUT2D eigenvalue weighted by atomic mass is 16.6. The molecule has 1 heterocycles. The zero-order valence-electron chi connectivity index (χ0n) is 9.48. The molecule has 1 unspecified atom stereocenters. The quantitative estimate of drug-likeness (QED) is 0.429. The van der Waals surface area contributed by atoms with E-state index < -0.39 is 0 Å². The number of ether oxygens (including phenoxy) is 2. The number of aryl methyl sites for hydroxylation is 1. The number of benzene rings is 1. The van der Waals surface area contributed by atoms with Crippen LogP contribution in [0.25, 0.3) is 5.76 Å². The zero-order chi connectivity index (χ0) is 11.4. The lowest BCUT2D eigenvalue weighted by Crippen LogP contribution is -2.01. The van der Waals surface area contributed by atoms with E-state index in [9.17, 15) is 0 Å². The van der Waals surface area contributed by atoms with Gasteiger partial charge in [0.2, 0.25) is 0 Å². The van der Waals surface area contributed by atoms with Crippen LogP contribution in [0.3, 0.4) is 0 Å². The predicted molar refractivity (Wildman–Crippen MR) is 65.0 cm³/mol. The van der Waals surface area contributed by atoms with E-state index in [-0.39, 0.29) is 6.10 Å². The number of hydrogen-bond acceptors (Lipinski definition) is 2. The summed E-state index contributed by atoms with van der Waals surface area (Å²) in [6.45, 7) is 7.22. The molecule has 84 valence electrons. The Kier molecular flexibility index (Phi) is 3.42. The lowest BCUT2D eigenvalue weighted by atomic mass is 10.1. The predicted octanol–water partition coefficient (Wildman–Crippen LogP) is 2.94. The molecule has 2 heteroatoms. The molecule has 0 amide bonds. The van der Waals surface area contributed by atoms with E-state index in [1.807, 2.05) is 18.2 Å². The minimum Gasteiger partial charge on any atom is -0.490 e. The van der Waals surface area contributed by atoms with Gasteiger partial charge in [0.05, 0.1) is 6.61 Å². The molecular formula is C14H16O2. The van der Waals surface area contributed by atoms with E-state index in [1.165, 1.54) is 5.56 Å². The first kappa shape index (κ1) is 11.0. The average molecular weight is 216 g/mol. The van der Waals surface area contributed by atoms with E-state index in [1.54, 1.807) is 6.08 Å². The van der Waals surface area contributed by atoms with Crippen LogP contribution in [0.4, 0.5) is 0 Å². The maximum absolute atomic E-state index is 5.74. The molecule has 1 aliphatic heterocycles. The fourth-order valence-corrected chi connectivity index (χ4v) is 1.52. The summed E-state index contributed by atoms with van der Waals surface area (Å²) in [6, 6.07) is 8.16. The lowest BCUT2D eigenvalue weighted by molar-refractivity contribution is 0.233. The summed E-state index contributed by atoms with van der Waals surface area (Å²) in [5.41, 5.74) is 2.32. The minimum atomic E-state index is 0.275. The van der Waals surface area contributed by atoms with Crippen LogP contribution < -0.4 is 0 Å². The Balaban J connectivity index is 2.14. The highest BCUT2D eigenvalue weighted by Crippen LogP contribution is 2.22. The van der Waals surface area contributed by atoms with Crippen molar-refractivity contribution in [3.05, 3.63) is 54.1 Å². The first-order valence-corrected chi connectivity index (χ1v) is 5.44. The summed E-state index contributed by atoms with van der Waals surface area (Å²) in [4.78, 5) is 0. The number of hydrogen-bond donors (Lipinski definition) is 0. The van der Waals surface area contributed by atoms with Gasteiger partial charge in [-0.1, -0.05) is 36.9 Å². The van der Waals surface area contributed by atoms with Crippen molar-refractivity contribution >= 4 is 5.76 Å². The second-order valence-electron chi connectivity index (χ2n) is 3.85. The van der Waals surface area contributed by atoms with E-state index in [0.29, 0.717) is 6.61 Å². The molecule has 0 spiro atoms. The van der Waals surface area contributed by atoms with Gasteiger partial charge < -0.3 is 9.47 Å². The Morgan fingerprint density at radius 1 is 1.56 bits per heavy atom. The Morgan fingerprint density at radius 2 is 2.31 bits per heavy atom. The normalized spacial score (nSPS) is 19.3. The van der Waals surface area contributed by atoms with Crippen LogP contribution in [0.5, 0.6) is 0 Å². The smallest absolute Gasteiger partial charge is 0.126 e. The summed E-state index contributed by atoms with van der Waals surface area (Å²) >= 11 is 0. The molecule has 0 saturated carbocycles. The summed E-state index contributed by atoms with van der Waals surface area (Å²) in [7, 11) is 0. The fraction of sp³-hybridized carbons (Fsp3) is 0.286. The second-order valence-corrected chi connectivity index (χ2v) is 3.85. The zero-order valence-corrected chi connectivity index (χ0v) is 9.48. The highest BCUT2D eigenvalue weighted by Gasteiger charge is 2.23. The largest absolute Gasteiger partial charge is 0.490 e. The van der Waals surface area contributed by atoms with Crippen LogP contribution in [0.15, 0.2) is 43.0 Å². The van der Waals surface area contributed by atoms with Crippen molar-refractivity contribution in [2.75, 3.05) is 13.2 Å². The van der Waals surface area contributed by atoms with Crippen LogP contribution in [0.2, 0.25) is 0 Å². The Labute approximate surface area is 96.2 Å². The third-order valence-corrected chi connectivity index (χ3v) is 2.51. The number of allylic oxidation sites excluding steroid dienone is 2. The van der Waals surface area contributed by atoms with Gasteiger partial charge in [0.25, 0.3) is 0 Å². The fourth-order valence-electron chi connectivity index (χ4n) is 1.52. The molecule has 1 atom stereocenters. The molecule has 1 aromatic rings. The molecule has 2 rings (SSSR count). The highest BCUT2D eigenvalue weighted by molar-refractivity contribution is 5.64. The average Bonchev–Trinajstić information content (AvgIpc) is 3.09. The van der Waals surface area contributed by atoms with Crippen LogP contribution in [-0.2, 0) is 9.47 Å². The lowest BCUT2D eigenvalue weighted by Gasteiger charge is -2.11. The summed E-state index contributed by atoms with van der Waals surface area (Å²) < 4.78 is 10.9. The van der Waals surface area contributed by atoms with Crippen molar-refractivity contribution in [2.24, 2.45) is 0 Å². The Hall–Kier alpha value is -1.54. The third-order valence-electron chi connectivity index (χ3n) is 2.51. The molecule has 0 aliphatic carbocycles. The Morgan fingerprint density at radius 3 is 2.94 bits per heavy atom. The van der Waals surface area contributed by atoms with E-state index in [2.05, 4.69) is 25.6 Å². The number of epoxide rings is 1. The van der Waals surface area contributed by atoms with E-state index in [0.717, 1.165) is 17.9 Å². The monoisotopic (exact) mass is 216 g/mol. The summed E-state index contributed by atoms with van der Waals surface area (Å²) in [5, 5.41) is 0. The SMILES string of the molecule is C=C/C=C(/OCC1CO1)c1ccccc1C. The van der Waals surface area contributed by atoms with Crippen molar-refractivity contribution in [1.29, 1.82) is 0 Å². The molecule has 0 N–H and O–H groups in total. The molecule has 1 aliphatic rings. The molecular weight excluding hydrogens is 200 g/mol. The van der Waals surface area contributed by atoms with Crippen LogP contribution in [0.1, 0.15) is 11.1 Å². The second kappa shape index (κ2) is 4.99. The topological polar surface area (TPSA) is 21.8 Å². The van der Waals surface area contributed by atoms with Gasteiger partial charge in [0.15, 0.2) is 0 Å². The van der Waals surface area contributed by atoms with Gasteiger partial charge in [0.1, 0.15) is 18.5 Å². The molecule has 0 bridgehead atoms. The van der Waals surface area contributed by atoms with E-state index >= 15 is 0 Å². The number of rotatable bonds is 5. The van der Waals surface area contributed by atoms with E-state index in [4.69, 9.17) is 9.47 Å². The molecule has 0 aromatic heterocycles. The first-order chi connectivity index (χ1) is 7.81. The third kappa shape index (κ3) is 2.74. The van der Waals surface area contributed by atoms with Gasteiger partial charge in [0, 0.05) is 5.56 Å². The maximum atomic E-state index is 5.74.